The number of alkyl carbamates (subject to hydrolysis) is 1. The van der Waals surface area contributed by atoms with E-state index >= 15 is 0 Å². The molecular formula is C24H37N3O5. The number of phenolic OH excluding ortho intramolecular Hbond substituents is 1. The molecule has 0 bridgehead atoms. The molecule has 1 atom stereocenters. The Hall–Kier alpha value is -2.77. The van der Waals surface area contributed by atoms with Gasteiger partial charge in [-0.15, -0.1) is 0 Å². The number of rotatable bonds is 10. The van der Waals surface area contributed by atoms with Crippen LogP contribution >= 0.6 is 0 Å². The quantitative estimate of drug-likeness (QED) is 0.475. The number of hydrogen-bond acceptors (Lipinski definition) is 5. The maximum absolute atomic E-state index is 13.2. The molecule has 0 radical (unpaired) electrons. The van der Waals surface area contributed by atoms with E-state index in [4.69, 9.17) is 4.74 Å². The molecule has 1 aromatic carbocycles. The van der Waals surface area contributed by atoms with Gasteiger partial charge in [0.25, 0.3) is 0 Å². The molecule has 0 aromatic heterocycles. The number of amides is 3. The normalized spacial score (nSPS) is 14.4. The maximum Gasteiger partial charge on any atom is 0.408 e. The van der Waals surface area contributed by atoms with Gasteiger partial charge in [-0.05, 0) is 52.5 Å². The third-order valence-electron chi connectivity index (χ3n) is 5.18. The first-order valence-corrected chi connectivity index (χ1v) is 11.4. The molecule has 8 heteroatoms. The summed E-state index contributed by atoms with van der Waals surface area (Å²) in [6.07, 6.45) is 3.70. The lowest BCUT2D eigenvalue weighted by Gasteiger charge is -2.32. The Kier molecular flexibility index (Phi) is 8.92. The highest BCUT2D eigenvalue weighted by molar-refractivity contribution is 5.91. The molecule has 8 nitrogen and oxygen atoms in total. The average molecular weight is 448 g/mol. The van der Waals surface area contributed by atoms with Crippen molar-refractivity contribution in [3.8, 4) is 5.75 Å². The van der Waals surface area contributed by atoms with Crippen LogP contribution in [-0.4, -0.2) is 52.6 Å². The molecule has 1 aliphatic carbocycles. The van der Waals surface area contributed by atoms with Crippen LogP contribution in [0.3, 0.4) is 0 Å². The van der Waals surface area contributed by atoms with Gasteiger partial charge in [0.15, 0.2) is 0 Å². The average Bonchev–Trinajstić information content (AvgIpc) is 3.53. The van der Waals surface area contributed by atoms with Gasteiger partial charge >= 0.3 is 6.09 Å². The first-order valence-electron chi connectivity index (χ1n) is 11.4. The molecule has 0 saturated heterocycles. The summed E-state index contributed by atoms with van der Waals surface area (Å²) in [6.45, 7) is 9.26. The summed E-state index contributed by atoms with van der Waals surface area (Å²) >= 11 is 0. The van der Waals surface area contributed by atoms with Gasteiger partial charge < -0.3 is 25.4 Å². The van der Waals surface area contributed by atoms with Gasteiger partial charge in [-0.25, -0.2) is 4.79 Å². The molecule has 3 amide bonds. The van der Waals surface area contributed by atoms with Crippen molar-refractivity contribution in [1.82, 2.24) is 15.5 Å². The molecule has 1 unspecified atom stereocenters. The Morgan fingerprint density at radius 3 is 2.47 bits per heavy atom. The van der Waals surface area contributed by atoms with E-state index in [-0.39, 0.29) is 24.2 Å². The van der Waals surface area contributed by atoms with E-state index in [0.717, 1.165) is 32.1 Å². The third-order valence-corrected chi connectivity index (χ3v) is 5.18. The molecule has 1 aromatic rings. The molecular weight excluding hydrogens is 410 g/mol. The lowest BCUT2D eigenvalue weighted by Crippen LogP contribution is -2.49. The van der Waals surface area contributed by atoms with Crippen LogP contribution in [0.1, 0.15) is 77.0 Å². The molecule has 1 saturated carbocycles. The summed E-state index contributed by atoms with van der Waals surface area (Å²) in [6, 6.07) is 4.09. The minimum atomic E-state index is -0.975. The second kappa shape index (κ2) is 11.2. The summed E-state index contributed by atoms with van der Waals surface area (Å²) in [5.74, 6) is -0.729. The van der Waals surface area contributed by atoms with Crippen LogP contribution in [0.25, 0.3) is 0 Å². The van der Waals surface area contributed by atoms with Crippen molar-refractivity contribution in [2.45, 2.75) is 84.4 Å². The van der Waals surface area contributed by atoms with E-state index < -0.39 is 23.6 Å². The monoisotopic (exact) mass is 447 g/mol. The number of unbranched alkanes of at least 4 members (excludes halogenated alkanes) is 2. The number of nitrogens with one attached hydrogen (secondary N) is 2. The Labute approximate surface area is 190 Å². The number of nitrogens with zero attached hydrogens (tertiary/aromatic N) is 1. The summed E-state index contributed by atoms with van der Waals surface area (Å²) in [7, 11) is 0. The lowest BCUT2D eigenvalue weighted by molar-refractivity contribution is -0.141. The van der Waals surface area contributed by atoms with E-state index in [2.05, 4.69) is 17.6 Å². The highest BCUT2D eigenvalue weighted by Crippen LogP contribution is 2.38. The second-order valence-electron chi connectivity index (χ2n) is 9.30. The van der Waals surface area contributed by atoms with Crippen LogP contribution in [0, 0.1) is 6.92 Å². The SMILES string of the molecule is CCCCCNC(=O)C(c1cccc(C)c1O)N(C(=O)CNC(=O)OC(C)(C)C)C1CC1. The van der Waals surface area contributed by atoms with Crippen LogP contribution in [0.2, 0.25) is 0 Å². The number of aromatic hydroxyl groups is 1. The summed E-state index contributed by atoms with van der Waals surface area (Å²) < 4.78 is 5.21. The summed E-state index contributed by atoms with van der Waals surface area (Å²) in [5.41, 5.74) is 0.328. The van der Waals surface area contributed by atoms with Crippen molar-refractivity contribution in [2.24, 2.45) is 0 Å². The van der Waals surface area contributed by atoms with Gasteiger partial charge in [0.1, 0.15) is 23.9 Å². The van der Waals surface area contributed by atoms with Crippen LogP contribution in [-0.2, 0) is 14.3 Å². The van der Waals surface area contributed by atoms with E-state index in [1.807, 2.05) is 0 Å². The van der Waals surface area contributed by atoms with Crippen molar-refractivity contribution >= 4 is 17.9 Å². The van der Waals surface area contributed by atoms with Crippen molar-refractivity contribution in [2.75, 3.05) is 13.1 Å². The number of aryl methyl sites for hydroxylation is 1. The fourth-order valence-corrected chi connectivity index (χ4v) is 3.47. The number of para-hydroxylation sites is 1. The zero-order valence-electron chi connectivity index (χ0n) is 19.9. The lowest BCUT2D eigenvalue weighted by atomic mass is 9.99. The maximum atomic E-state index is 13.2. The second-order valence-corrected chi connectivity index (χ2v) is 9.30. The van der Waals surface area contributed by atoms with Crippen molar-refractivity contribution in [3.05, 3.63) is 29.3 Å². The number of phenols is 1. The topological polar surface area (TPSA) is 108 Å². The molecule has 3 N–H and O–H groups in total. The van der Waals surface area contributed by atoms with Crippen molar-refractivity contribution < 1.29 is 24.2 Å². The predicted molar refractivity (Wildman–Crippen MR) is 122 cm³/mol. The standard InChI is InChI=1S/C24H37N3O5/c1-6-7-8-14-25-22(30)20(18-11-9-10-16(2)21(18)29)27(17-12-13-17)19(28)15-26-23(31)32-24(3,4)5/h9-11,17,20,29H,6-8,12-15H2,1-5H3,(H,25,30)(H,26,31). The minimum Gasteiger partial charge on any atom is -0.507 e. The Morgan fingerprint density at radius 2 is 1.88 bits per heavy atom. The van der Waals surface area contributed by atoms with Gasteiger partial charge in [0.2, 0.25) is 11.8 Å². The number of ether oxygens (including phenoxy) is 1. The highest BCUT2D eigenvalue weighted by Gasteiger charge is 2.42. The first kappa shape index (κ1) is 25.5. The van der Waals surface area contributed by atoms with Crippen molar-refractivity contribution in [3.63, 3.8) is 0 Å². The van der Waals surface area contributed by atoms with E-state index in [0.29, 0.717) is 17.7 Å². The molecule has 1 fully saturated rings. The van der Waals surface area contributed by atoms with Crippen LogP contribution < -0.4 is 10.6 Å². The molecule has 178 valence electrons. The zero-order chi connectivity index (χ0) is 23.9. The Bertz CT molecular complexity index is 814. The summed E-state index contributed by atoms with van der Waals surface area (Å²) in [4.78, 5) is 40.0. The van der Waals surface area contributed by atoms with Gasteiger partial charge in [-0.1, -0.05) is 38.0 Å². The fraction of sp³-hybridized carbons (Fsp3) is 0.625. The molecule has 0 spiro atoms. The van der Waals surface area contributed by atoms with Gasteiger partial charge in [-0.2, -0.15) is 0 Å². The molecule has 32 heavy (non-hydrogen) atoms. The minimum absolute atomic E-state index is 0.000223. The smallest absolute Gasteiger partial charge is 0.408 e. The number of benzene rings is 1. The zero-order valence-corrected chi connectivity index (χ0v) is 19.9. The Morgan fingerprint density at radius 1 is 1.19 bits per heavy atom. The highest BCUT2D eigenvalue weighted by atomic mass is 16.6. The molecule has 0 heterocycles. The van der Waals surface area contributed by atoms with Gasteiger partial charge in [0.05, 0.1) is 0 Å². The van der Waals surface area contributed by atoms with Gasteiger partial charge in [-0.3, -0.25) is 9.59 Å². The van der Waals surface area contributed by atoms with Crippen LogP contribution in [0.15, 0.2) is 18.2 Å². The van der Waals surface area contributed by atoms with Crippen LogP contribution in [0.4, 0.5) is 4.79 Å². The predicted octanol–water partition coefficient (Wildman–Crippen LogP) is 3.56. The Balaban J connectivity index is 2.25. The molecule has 2 rings (SSSR count). The number of carbonyl (C=O) groups is 3. The molecule has 1 aliphatic rings. The fourth-order valence-electron chi connectivity index (χ4n) is 3.47. The largest absolute Gasteiger partial charge is 0.507 e. The number of hydrogen-bond donors (Lipinski definition) is 3. The van der Waals surface area contributed by atoms with Crippen molar-refractivity contribution in [1.29, 1.82) is 0 Å². The van der Waals surface area contributed by atoms with E-state index in [1.54, 1.807) is 45.9 Å². The first-order chi connectivity index (χ1) is 15.0. The third kappa shape index (κ3) is 7.43. The number of carbonyl (C=O) groups excluding carboxylic acids is 3. The van der Waals surface area contributed by atoms with E-state index in [9.17, 15) is 19.5 Å². The van der Waals surface area contributed by atoms with E-state index in [1.165, 1.54) is 4.90 Å². The summed E-state index contributed by atoms with van der Waals surface area (Å²) in [5, 5.41) is 16.1. The van der Waals surface area contributed by atoms with Gasteiger partial charge in [0, 0.05) is 18.2 Å². The van der Waals surface area contributed by atoms with Crippen LogP contribution in [0.5, 0.6) is 5.75 Å². The molecule has 0 aliphatic heterocycles.